The van der Waals surface area contributed by atoms with Crippen LogP contribution in [-0.2, 0) is 11.3 Å². The molecule has 0 bridgehead atoms. The van der Waals surface area contributed by atoms with Crippen molar-refractivity contribution in [3.8, 4) is 11.6 Å². The van der Waals surface area contributed by atoms with Gasteiger partial charge in [0.15, 0.2) is 0 Å². The highest BCUT2D eigenvalue weighted by Crippen LogP contribution is 2.36. The second-order valence-electron chi connectivity index (χ2n) is 8.09. The van der Waals surface area contributed by atoms with Crippen molar-refractivity contribution in [2.45, 2.75) is 13.5 Å². The SMILES string of the molecule is Cc1cccn2c(=O)c(/C=C3/SC(=S)N(Cc4ccc(F)cc4)C3=O)c(Oc3ccc(Cl)cc3Cl)nc12. The standard InChI is InChI=1S/C26H16Cl2FN3O3S2/c1-14-3-2-10-31-22(14)30-23(35-20-9-6-16(27)11-19(20)28)18(24(31)33)12-21-25(34)32(26(36)37-21)13-15-4-7-17(29)8-5-15/h2-12H,13H2,1H3/b21-12+. The number of aromatic nitrogens is 2. The minimum Gasteiger partial charge on any atom is -0.437 e. The van der Waals surface area contributed by atoms with Crippen LogP contribution >= 0.6 is 47.2 Å². The number of ether oxygens (including phenoxy) is 1. The van der Waals surface area contributed by atoms with Gasteiger partial charge < -0.3 is 4.74 Å². The van der Waals surface area contributed by atoms with Crippen molar-refractivity contribution in [1.82, 2.24) is 14.3 Å². The van der Waals surface area contributed by atoms with Crippen LogP contribution in [0.15, 0.2) is 70.5 Å². The molecule has 0 aliphatic carbocycles. The minimum absolute atomic E-state index is 0.0210. The van der Waals surface area contributed by atoms with Crippen LogP contribution in [0.25, 0.3) is 11.7 Å². The Hall–Kier alpha value is -3.24. The first kappa shape index (κ1) is 25.4. The number of carbonyl (C=O) groups is 1. The van der Waals surface area contributed by atoms with Crippen molar-refractivity contribution in [2.24, 2.45) is 0 Å². The van der Waals surface area contributed by atoms with Crippen LogP contribution in [0.1, 0.15) is 16.7 Å². The van der Waals surface area contributed by atoms with E-state index in [1.165, 1.54) is 33.6 Å². The smallest absolute Gasteiger partial charge is 0.269 e. The lowest BCUT2D eigenvalue weighted by molar-refractivity contribution is -0.122. The maximum absolute atomic E-state index is 13.6. The molecular formula is C26H16Cl2FN3O3S2. The molecule has 0 saturated carbocycles. The molecule has 1 amide bonds. The van der Waals surface area contributed by atoms with E-state index < -0.39 is 5.56 Å². The maximum Gasteiger partial charge on any atom is 0.269 e. The molecule has 37 heavy (non-hydrogen) atoms. The molecule has 4 aromatic rings. The fraction of sp³-hybridized carbons (Fsp3) is 0.0769. The van der Waals surface area contributed by atoms with Crippen molar-refractivity contribution >= 4 is 69.1 Å². The Labute approximate surface area is 230 Å². The fourth-order valence-corrected chi connectivity index (χ4v) is 5.38. The Morgan fingerprint density at radius 2 is 1.89 bits per heavy atom. The largest absolute Gasteiger partial charge is 0.437 e. The van der Waals surface area contributed by atoms with Crippen molar-refractivity contribution in [3.63, 3.8) is 0 Å². The molecule has 3 heterocycles. The number of amides is 1. The monoisotopic (exact) mass is 571 g/mol. The zero-order chi connectivity index (χ0) is 26.3. The molecule has 2 aromatic carbocycles. The molecular weight excluding hydrogens is 556 g/mol. The van der Waals surface area contributed by atoms with Gasteiger partial charge in [0.1, 0.15) is 27.1 Å². The van der Waals surface area contributed by atoms with Gasteiger partial charge in [-0.25, -0.2) is 4.39 Å². The Morgan fingerprint density at radius 1 is 1.14 bits per heavy atom. The highest BCUT2D eigenvalue weighted by molar-refractivity contribution is 8.26. The third-order valence-corrected chi connectivity index (χ3v) is 7.46. The summed E-state index contributed by atoms with van der Waals surface area (Å²) in [5, 5.41) is 0.653. The van der Waals surface area contributed by atoms with Gasteiger partial charge in [0.25, 0.3) is 11.5 Å². The summed E-state index contributed by atoms with van der Waals surface area (Å²) in [6.07, 6.45) is 3.01. The van der Waals surface area contributed by atoms with E-state index in [9.17, 15) is 14.0 Å². The van der Waals surface area contributed by atoms with Crippen LogP contribution < -0.4 is 10.3 Å². The van der Waals surface area contributed by atoms with E-state index in [2.05, 4.69) is 4.98 Å². The van der Waals surface area contributed by atoms with Crippen LogP contribution in [0.2, 0.25) is 10.0 Å². The van der Waals surface area contributed by atoms with E-state index in [-0.39, 0.29) is 45.4 Å². The molecule has 1 aliphatic rings. The van der Waals surface area contributed by atoms with Crippen molar-refractivity contribution in [3.05, 3.63) is 109 Å². The van der Waals surface area contributed by atoms with Crippen LogP contribution in [0, 0.1) is 12.7 Å². The van der Waals surface area contributed by atoms with Gasteiger partial charge in [0.2, 0.25) is 5.88 Å². The first-order chi connectivity index (χ1) is 17.7. The number of carbonyl (C=O) groups excluding carboxylic acids is 1. The van der Waals surface area contributed by atoms with Gasteiger partial charge in [-0.2, -0.15) is 4.98 Å². The van der Waals surface area contributed by atoms with E-state index in [1.807, 2.05) is 13.0 Å². The number of aryl methyl sites for hydroxylation is 1. The van der Waals surface area contributed by atoms with Crippen molar-refractivity contribution in [2.75, 3.05) is 0 Å². The van der Waals surface area contributed by atoms with E-state index in [1.54, 1.807) is 36.5 Å². The van der Waals surface area contributed by atoms with E-state index in [0.717, 1.165) is 17.3 Å². The first-order valence-electron chi connectivity index (χ1n) is 10.9. The number of benzene rings is 2. The number of thiocarbonyl (C=S) groups is 1. The molecule has 6 nitrogen and oxygen atoms in total. The first-order valence-corrected chi connectivity index (χ1v) is 12.8. The van der Waals surface area contributed by atoms with Crippen molar-refractivity contribution < 1.29 is 13.9 Å². The summed E-state index contributed by atoms with van der Waals surface area (Å²) in [5.74, 6) is -0.535. The van der Waals surface area contributed by atoms with Gasteiger partial charge in [-0.3, -0.25) is 18.9 Å². The van der Waals surface area contributed by atoms with Gasteiger partial charge in [-0.1, -0.05) is 65.4 Å². The predicted molar refractivity (Wildman–Crippen MR) is 148 cm³/mol. The Kier molecular flexibility index (Phi) is 7.04. The number of fused-ring (bicyclic) bond motifs is 1. The van der Waals surface area contributed by atoms with Crippen LogP contribution in [-0.4, -0.2) is 24.5 Å². The Balaban J connectivity index is 1.59. The lowest BCUT2D eigenvalue weighted by atomic mass is 10.2. The van der Waals surface area contributed by atoms with Crippen LogP contribution in [0.5, 0.6) is 11.6 Å². The molecule has 1 fully saturated rings. The summed E-state index contributed by atoms with van der Waals surface area (Å²) in [7, 11) is 0. The lowest BCUT2D eigenvalue weighted by Crippen LogP contribution is -2.27. The third kappa shape index (κ3) is 5.13. The molecule has 0 unspecified atom stereocenters. The van der Waals surface area contributed by atoms with E-state index in [0.29, 0.717) is 20.6 Å². The predicted octanol–water partition coefficient (Wildman–Crippen LogP) is 6.64. The molecule has 0 spiro atoms. The average molecular weight is 572 g/mol. The van der Waals surface area contributed by atoms with Gasteiger partial charge >= 0.3 is 0 Å². The second kappa shape index (κ2) is 10.3. The summed E-state index contributed by atoms with van der Waals surface area (Å²) in [4.78, 5) is 33.0. The van der Waals surface area contributed by atoms with Crippen LogP contribution in [0.3, 0.4) is 0 Å². The molecule has 2 aromatic heterocycles. The summed E-state index contributed by atoms with van der Waals surface area (Å²) < 4.78 is 21.0. The number of rotatable bonds is 5. The Bertz CT molecular complexity index is 1670. The molecule has 5 rings (SSSR count). The minimum atomic E-state index is -0.433. The van der Waals surface area contributed by atoms with Crippen molar-refractivity contribution in [1.29, 1.82) is 0 Å². The van der Waals surface area contributed by atoms with Gasteiger partial charge in [0, 0.05) is 11.2 Å². The fourth-order valence-electron chi connectivity index (χ4n) is 3.70. The quantitative estimate of drug-likeness (QED) is 0.197. The molecule has 0 radical (unpaired) electrons. The molecule has 0 N–H and O–H groups in total. The lowest BCUT2D eigenvalue weighted by Gasteiger charge is -2.14. The van der Waals surface area contributed by atoms with E-state index >= 15 is 0 Å². The number of thioether (sulfide) groups is 1. The number of nitrogens with zero attached hydrogens (tertiary/aromatic N) is 3. The van der Waals surface area contributed by atoms with E-state index in [4.69, 9.17) is 40.2 Å². The molecule has 1 saturated heterocycles. The Morgan fingerprint density at radius 3 is 2.62 bits per heavy atom. The number of pyridine rings is 1. The summed E-state index contributed by atoms with van der Waals surface area (Å²) in [6.45, 7) is 1.99. The summed E-state index contributed by atoms with van der Waals surface area (Å²) in [6, 6.07) is 14.0. The highest BCUT2D eigenvalue weighted by atomic mass is 35.5. The van der Waals surface area contributed by atoms with Crippen LogP contribution in [0.4, 0.5) is 4.39 Å². The molecule has 0 atom stereocenters. The number of hydrogen-bond acceptors (Lipinski definition) is 6. The number of halogens is 3. The molecule has 1 aliphatic heterocycles. The molecule has 186 valence electrons. The summed E-state index contributed by atoms with van der Waals surface area (Å²) >= 11 is 18.8. The second-order valence-corrected chi connectivity index (χ2v) is 10.6. The third-order valence-electron chi connectivity index (χ3n) is 5.55. The normalized spacial score (nSPS) is 14.7. The average Bonchev–Trinajstić information content (AvgIpc) is 3.12. The zero-order valence-electron chi connectivity index (χ0n) is 19.1. The number of hydrogen-bond donors (Lipinski definition) is 0. The zero-order valence-corrected chi connectivity index (χ0v) is 22.2. The summed E-state index contributed by atoms with van der Waals surface area (Å²) in [5.41, 5.74) is 1.48. The highest BCUT2D eigenvalue weighted by Gasteiger charge is 2.33. The van der Waals surface area contributed by atoms with Gasteiger partial charge in [-0.05, 0) is 60.5 Å². The van der Waals surface area contributed by atoms with Gasteiger partial charge in [-0.15, -0.1) is 0 Å². The molecule has 11 heteroatoms. The maximum atomic E-state index is 13.6. The van der Waals surface area contributed by atoms with Gasteiger partial charge in [0.05, 0.1) is 16.5 Å². The topological polar surface area (TPSA) is 63.9 Å².